The van der Waals surface area contributed by atoms with E-state index in [2.05, 4.69) is 48.3 Å². The lowest BCUT2D eigenvalue weighted by Gasteiger charge is -2.35. The molecule has 0 radical (unpaired) electrons. The monoisotopic (exact) mass is 538 g/mol. The molecule has 0 saturated carbocycles. The maximum absolute atomic E-state index is 12.0. The summed E-state index contributed by atoms with van der Waals surface area (Å²) in [5, 5.41) is 3.43. The highest BCUT2D eigenvalue weighted by Crippen LogP contribution is 2.25. The maximum atomic E-state index is 12.0. The standard InChI is InChI=1S/C24H34N4O2.HI/c1-4-25-24(26-14-7-8-15-28-20(3)11-9-13-23(28)29)27-16-17-30-22(18-27)21-12-6-5-10-19(21)2;/h5-6,9-13,22H,4,7-8,14-18H2,1-3H3,(H,25,26);1H. The van der Waals surface area contributed by atoms with Crippen LogP contribution in [0.5, 0.6) is 0 Å². The molecule has 1 aromatic heterocycles. The van der Waals surface area contributed by atoms with Gasteiger partial charge in [0.1, 0.15) is 6.10 Å². The zero-order valence-corrected chi connectivity index (χ0v) is 21.2. The number of benzene rings is 1. The van der Waals surface area contributed by atoms with Gasteiger partial charge < -0.3 is 19.5 Å². The normalized spacial score (nSPS) is 16.7. The number of guanidine groups is 1. The molecule has 3 rings (SSSR count). The van der Waals surface area contributed by atoms with E-state index in [4.69, 9.17) is 9.73 Å². The molecule has 0 spiro atoms. The smallest absolute Gasteiger partial charge is 0.250 e. The quantitative estimate of drug-likeness (QED) is 0.252. The number of unbranched alkanes of at least 4 members (excludes halogenated alkanes) is 1. The molecule has 1 aliphatic rings. The number of aromatic nitrogens is 1. The van der Waals surface area contributed by atoms with Crippen LogP contribution in [0.3, 0.4) is 0 Å². The Morgan fingerprint density at radius 2 is 1.97 bits per heavy atom. The highest BCUT2D eigenvalue weighted by molar-refractivity contribution is 14.0. The zero-order valence-electron chi connectivity index (χ0n) is 18.8. The Kier molecular flexibility index (Phi) is 10.5. The largest absolute Gasteiger partial charge is 0.370 e. The van der Waals surface area contributed by atoms with Crippen molar-refractivity contribution in [2.24, 2.45) is 4.99 Å². The molecule has 2 heterocycles. The summed E-state index contributed by atoms with van der Waals surface area (Å²) in [5.74, 6) is 0.951. The van der Waals surface area contributed by atoms with E-state index < -0.39 is 0 Å². The summed E-state index contributed by atoms with van der Waals surface area (Å²) in [6, 6.07) is 13.8. The van der Waals surface area contributed by atoms with Crippen molar-refractivity contribution in [2.75, 3.05) is 32.8 Å². The van der Waals surface area contributed by atoms with E-state index in [0.717, 1.165) is 57.2 Å². The number of rotatable bonds is 7. The van der Waals surface area contributed by atoms with Crippen molar-refractivity contribution in [1.29, 1.82) is 0 Å². The molecule has 1 N–H and O–H groups in total. The maximum Gasteiger partial charge on any atom is 0.250 e. The molecule has 2 aromatic rings. The fourth-order valence-electron chi connectivity index (χ4n) is 3.88. The van der Waals surface area contributed by atoms with E-state index in [1.54, 1.807) is 6.07 Å². The number of nitrogens with zero attached hydrogens (tertiary/aromatic N) is 3. The summed E-state index contributed by atoms with van der Waals surface area (Å²) in [5.41, 5.74) is 3.59. The number of nitrogens with one attached hydrogen (secondary N) is 1. The molecule has 1 atom stereocenters. The summed E-state index contributed by atoms with van der Waals surface area (Å²) < 4.78 is 7.90. The number of hydrogen-bond acceptors (Lipinski definition) is 3. The van der Waals surface area contributed by atoms with Crippen LogP contribution in [0, 0.1) is 13.8 Å². The van der Waals surface area contributed by atoms with Gasteiger partial charge in [0.2, 0.25) is 0 Å². The van der Waals surface area contributed by atoms with Crippen molar-refractivity contribution < 1.29 is 4.74 Å². The lowest BCUT2D eigenvalue weighted by molar-refractivity contribution is -0.00832. The molecule has 0 aliphatic carbocycles. The number of morpholine rings is 1. The first-order chi connectivity index (χ1) is 14.6. The second-order valence-electron chi connectivity index (χ2n) is 7.76. The molecule has 1 saturated heterocycles. The molecule has 7 heteroatoms. The number of hydrogen-bond donors (Lipinski definition) is 1. The van der Waals surface area contributed by atoms with Crippen LogP contribution in [0.1, 0.15) is 42.7 Å². The van der Waals surface area contributed by atoms with Crippen molar-refractivity contribution in [2.45, 2.75) is 46.3 Å². The van der Waals surface area contributed by atoms with Crippen molar-refractivity contribution in [3.05, 3.63) is 69.6 Å². The highest BCUT2D eigenvalue weighted by Gasteiger charge is 2.25. The number of ether oxygens (including phenoxy) is 1. The van der Waals surface area contributed by atoms with E-state index in [-0.39, 0.29) is 35.6 Å². The fraction of sp³-hybridized carbons (Fsp3) is 0.500. The topological polar surface area (TPSA) is 58.9 Å². The minimum absolute atomic E-state index is 0. The first-order valence-electron chi connectivity index (χ1n) is 11.0. The average molecular weight is 538 g/mol. The second-order valence-corrected chi connectivity index (χ2v) is 7.76. The van der Waals surface area contributed by atoms with Crippen molar-refractivity contribution in [1.82, 2.24) is 14.8 Å². The molecule has 1 aliphatic heterocycles. The zero-order chi connectivity index (χ0) is 21.3. The van der Waals surface area contributed by atoms with Gasteiger partial charge in [-0.2, -0.15) is 0 Å². The number of halogens is 1. The van der Waals surface area contributed by atoms with Gasteiger partial charge in [-0.1, -0.05) is 30.3 Å². The van der Waals surface area contributed by atoms with Crippen LogP contribution in [0.15, 0.2) is 52.3 Å². The molecule has 0 bridgehead atoms. The minimum Gasteiger partial charge on any atom is -0.370 e. The van der Waals surface area contributed by atoms with Gasteiger partial charge >= 0.3 is 0 Å². The predicted octanol–water partition coefficient (Wildman–Crippen LogP) is 3.90. The summed E-state index contributed by atoms with van der Waals surface area (Å²) in [6.45, 7) is 10.9. The SMILES string of the molecule is CCNC(=NCCCCn1c(C)cccc1=O)N1CCOC(c2ccccc2C)C1.I. The van der Waals surface area contributed by atoms with E-state index in [9.17, 15) is 4.79 Å². The highest BCUT2D eigenvalue weighted by atomic mass is 127. The van der Waals surface area contributed by atoms with Crippen LogP contribution in [0.25, 0.3) is 0 Å². The Bertz CT molecular complexity index is 912. The number of aliphatic imine (C=N–C) groups is 1. The van der Waals surface area contributed by atoms with Gasteiger partial charge in [-0.3, -0.25) is 9.79 Å². The van der Waals surface area contributed by atoms with E-state index >= 15 is 0 Å². The van der Waals surface area contributed by atoms with Crippen LogP contribution >= 0.6 is 24.0 Å². The third-order valence-corrected chi connectivity index (χ3v) is 5.56. The minimum atomic E-state index is 0. The summed E-state index contributed by atoms with van der Waals surface area (Å²) in [6.07, 6.45) is 1.95. The summed E-state index contributed by atoms with van der Waals surface area (Å²) in [4.78, 5) is 19.1. The molecular weight excluding hydrogens is 503 g/mol. The Balaban J connectivity index is 0.00000341. The van der Waals surface area contributed by atoms with Gasteiger partial charge in [0.15, 0.2) is 5.96 Å². The molecule has 6 nitrogen and oxygen atoms in total. The van der Waals surface area contributed by atoms with Crippen molar-refractivity contribution in [3.8, 4) is 0 Å². The molecular formula is C24H35IN4O2. The van der Waals surface area contributed by atoms with E-state index in [1.165, 1.54) is 11.1 Å². The van der Waals surface area contributed by atoms with Crippen LogP contribution in [-0.2, 0) is 11.3 Å². The molecule has 1 unspecified atom stereocenters. The second kappa shape index (κ2) is 12.9. The molecule has 31 heavy (non-hydrogen) atoms. The van der Waals surface area contributed by atoms with Crippen molar-refractivity contribution >= 4 is 29.9 Å². The van der Waals surface area contributed by atoms with Gasteiger partial charge in [0, 0.05) is 37.9 Å². The van der Waals surface area contributed by atoms with E-state index in [1.807, 2.05) is 23.6 Å². The first kappa shape index (κ1) is 25.4. The molecule has 0 amide bonds. The summed E-state index contributed by atoms with van der Waals surface area (Å²) >= 11 is 0. The molecule has 170 valence electrons. The van der Waals surface area contributed by atoms with Gasteiger partial charge in [-0.05, 0) is 50.8 Å². The fourth-order valence-corrected chi connectivity index (χ4v) is 3.88. The Labute approximate surface area is 202 Å². The van der Waals surface area contributed by atoms with Crippen LogP contribution in [0.2, 0.25) is 0 Å². The third kappa shape index (κ3) is 7.07. The predicted molar refractivity (Wildman–Crippen MR) is 138 cm³/mol. The Morgan fingerprint density at radius 1 is 1.16 bits per heavy atom. The van der Waals surface area contributed by atoms with Crippen molar-refractivity contribution in [3.63, 3.8) is 0 Å². The number of aryl methyl sites for hydroxylation is 2. The van der Waals surface area contributed by atoms with Crippen LogP contribution in [-0.4, -0.2) is 48.2 Å². The molecule has 1 aromatic carbocycles. The third-order valence-electron chi connectivity index (χ3n) is 5.56. The Hall–Kier alpha value is -1.87. The number of pyridine rings is 1. The van der Waals surface area contributed by atoms with Gasteiger partial charge in [0.05, 0.1) is 13.2 Å². The average Bonchev–Trinajstić information content (AvgIpc) is 2.75. The lowest BCUT2D eigenvalue weighted by Crippen LogP contribution is -2.48. The van der Waals surface area contributed by atoms with Crippen LogP contribution < -0.4 is 10.9 Å². The van der Waals surface area contributed by atoms with Gasteiger partial charge in [0.25, 0.3) is 5.56 Å². The van der Waals surface area contributed by atoms with E-state index in [0.29, 0.717) is 6.61 Å². The Morgan fingerprint density at radius 3 is 2.71 bits per heavy atom. The van der Waals surface area contributed by atoms with Gasteiger partial charge in [-0.25, -0.2) is 0 Å². The lowest BCUT2D eigenvalue weighted by atomic mass is 10.0. The molecule has 1 fully saturated rings. The van der Waals surface area contributed by atoms with Crippen LogP contribution in [0.4, 0.5) is 0 Å². The summed E-state index contributed by atoms with van der Waals surface area (Å²) in [7, 11) is 0. The first-order valence-corrected chi connectivity index (χ1v) is 11.0. The van der Waals surface area contributed by atoms with Gasteiger partial charge in [-0.15, -0.1) is 24.0 Å².